The number of aromatic nitrogens is 4. The van der Waals surface area contributed by atoms with Crippen molar-refractivity contribution in [3.05, 3.63) is 65.4 Å². The molecule has 1 N–H and O–H groups in total. The van der Waals surface area contributed by atoms with Gasteiger partial charge in [0.2, 0.25) is 0 Å². The minimum atomic E-state index is -4.80. The third kappa shape index (κ3) is 4.05. The first-order valence-electron chi connectivity index (χ1n) is 7.24. The Labute approximate surface area is 143 Å². The summed E-state index contributed by atoms with van der Waals surface area (Å²) in [5.74, 6) is -1.89. The third-order valence-corrected chi connectivity index (χ3v) is 3.37. The monoisotopic (exact) mass is 369 g/mol. The molecule has 0 spiro atoms. The molecular weight excluding hydrogens is 358 g/mol. The van der Waals surface area contributed by atoms with Crippen LogP contribution in [-0.2, 0) is 19.3 Å². The van der Waals surface area contributed by atoms with Gasteiger partial charge in [0.25, 0.3) is 5.91 Å². The zero-order chi connectivity index (χ0) is 18.7. The average Bonchev–Trinajstić information content (AvgIpc) is 3.25. The van der Waals surface area contributed by atoms with Crippen LogP contribution >= 0.6 is 0 Å². The molecule has 0 aliphatic heterocycles. The average molecular weight is 369 g/mol. The van der Waals surface area contributed by atoms with Crippen LogP contribution in [0.15, 0.2) is 41.5 Å². The fraction of sp³-hybridized carbons (Fsp3) is 0.200. The minimum Gasteiger partial charge on any atom is -0.451 e. The van der Waals surface area contributed by atoms with Crippen molar-refractivity contribution in [3.63, 3.8) is 0 Å². The zero-order valence-electron chi connectivity index (χ0n) is 13.0. The molecule has 11 heteroatoms. The van der Waals surface area contributed by atoms with Crippen molar-refractivity contribution in [3.8, 4) is 0 Å². The number of carbonyl (C=O) groups is 1. The summed E-state index contributed by atoms with van der Waals surface area (Å²) in [5.41, 5.74) is -0.706. The highest BCUT2D eigenvalue weighted by Gasteiger charge is 2.34. The van der Waals surface area contributed by atoms with Crippen molar-refractivity contribution in [2.45, 2.75) is 19.3 Å². The maximum absolute atomic E-state index is 13.3. The van der Waals surface area contributed by atoms with E-state index in [1.54, 1.807) is 0 Å². The molecule has 1 amide bonds. The van der Waals surface area contributed by atoms with Gasteiger partial charge in [-0.1, -0.05) is 11.3 Å². The van der Waals surface area contributed by atoms with Crippen molar-refractivity contribution >= 4 is 5.91 Å². The van der Waals surface area contributed by atoms with Crippen molar-refractivity contribution in [2.24, 2.45) is 0 Å². The largest absolute Gasteiger partial charge is 0.451 e. The summed E-state index contributed by atoms with van der Waals surface area (Å²) >= 11 is 0. The van der Waals surface area contributed by atoms with Gasteiger partial charge in [0.15, 0.2) is 12.1 Å². The quantitative estimate of drug-likeness (QED) is 0.698. The van der Waals surface area contributed by atoms with E-state index in [1.165, 1.54) is 29.6 Å². The van der Waals surface area contributed by atoms with Gasteiger partial charge in [-0.3, -0.25) is 4.79 Å². The second-order valence-electron chi connectivity index (χ2n) is 5.28. The molecule has 0 saturated heterocycles. The normalized spacial score (nSPS) is 11.5. The Morgan fingerprint density at radius 1 is 1.31 bits per heavy atom. The number of oxazole rings is 1. The number of halogens is 4. The number of nitrogens with zero attached hydrogens (tertiary/aromatic N) is 4. The second kappa shape index (κ2) is 6.94. The van der Waals surface area contributed by atoms with Crippen LogP contribution in [0.3, 0.4) is 0 Å². The van der Waals surface area contributed by atoms with E-state index in [9.17, 15) is 22.4 Å². The number of carbonyl (C=O) groups excluding carboxylic acids is 1. The van der Waals surface area contributed by atoms with Crippen molar-refractivity contribution in [1.82, 2.24) is 25.3 Å². The number of hydrogen-bond acceptors (Lipinski definition) is 5. The van der Waals surface area contributed by atoms with Crippen LogP contribution in [0.2, 0.25) is 0 Å². The Morgan fingerprint density at radius 2 is 2.12 bits per heavy atom. The molecular formula is C15H11F4N5O2. The fourth-order valence-electron chi connectivity index (χ4n) is 2.14. The van der Waals surface area contributed by atoms with Gasteiger partial charge in [-0.25, -0.2) is 14.1 Å². The first-order chi connectivity index (χ1) is 12.3. The molecule has 2 heterocycles. The maximum atomic E-state index is 13.3. The molecule has 0 radical (unpaired) electrons. The molecule has 1 aromatic carbocycles. The summed E-state index contributed by atoms with van der Waals surface area (Å²) in [6, 6.07) is 2.64. The highest BCUT2D eigenvalue weighted by Crippen LogP contribution is 2.32. The summed E-state index contributed by atoms with van der Waals surface area (Å²) < 4.78 is 57.5. The van der Waals surface area contributed by atoms with Gasteiger partial charge in [-0.15, -0.1) is 5.10 Å². The van der Waals surface area contributed by atoms with Gasteiger partial charge in [-0.05, 0) is 17.7 Å². The first kappa shape index (κ1) is 17.6. The van der Waals surface area contributed by atoms with Crippen LogP contribution in [0.1, 0.15) is 27.3 Å². The van der Waals surface area contributed by atoms with Crippen LogP contribution in [0.5, 0.6) is 0 Å². The fourth-order valence-corrected chi connectivity index (χ4v) is 2.14. The van der Waals surface area contributed by atoms with E-state index in [1.807, 2.05) is 0 Å². The second-order valence-corrected chi connectivity index (χ2v) is 5.28. The van der Waals surface area contributed by atoms with Crippen LogP contribution in [-0.4, -0.2) is 25.9 Å². The van der Waals surface area contributed by atoms with E-state index in [4.69, 9.17) is 4.42 Å². The van der Waals surface area contributed by atoms with Gasteiger partial charge in [-0.2, -0.15) is 13.2 Å². The van der Waals surface area contributed by atoms with Crippen LogP contribution in [0.25, 0.3) is 0 Å². The number of alkyl halides is 3. The predicted octanol–water partition coefficient (Wildman–Crippen LogP) is 2.40. The molecule has 0 aliphatic carbocycles. The van der Waals surface area contributed by atoms with Crippen molar-refractivity contribution in [1.29, 1.82) is 0 Å². The molecule has 7 nitrogen and oxygen atoms in total. The predicted molar refractivity (Wildman–Crippen MR) is 78.2 cm³/mol. The summed E-state index contributed by atoms with van der Waals surface area (Å²) in [4.78, 5) is 15.8. The Bertz CT molecular complexity index is 905. The lowest BCUT2D eigenvalue weighted by atomic mass is 10.1. The van der Waals surface area contributed by atoms with Crippen molar-refractivity contribution in [2.75, 3.05) is 0 Å². The Balaban J connectivity index is 1.67. The maximum Gasteiger partial charge on any atom is 0.419 e. The van der Waals surface area contributed by atoms with Gasteiger partial charge in [0.1, 0.15) is 12.1 Å². The lowest BCUT2D eigenvalue weighted by Gasteiger charge is -2.09. The molecule has 2 aromatic heterocycles. The molecule has 0 saturated carbocycles. The summed E-state index contributed by atoms with van der Waals surface area (Å²) in [6.07, 6.45) is -0.942. The Morgan fingerprint density at radius 3 is 2.81 bits per heavy atom. The smallest absolute Gasteiger partial charge is 0.419 e. The summed E-state index contributed by atoms with van der Waals surface area (Å²) in [7, 11) is 0. The molecule has 3 aromatic rings. The third-order valence-electron chi connectivity index (χ3n) is 3.37. The molecule has 0 bridgehead atoms. The number of rotatable bonds is 5. The van der Waals surface area contributed by atoms with E-state index in [2.05, 4.69) is 20.6 Å². The Kier molecular flexibility index (Phi) is 4.69. The van der Waals surface area contributed by atoms with Gasteiger partial charge in [0.05, 0.1) is 30.5 Å². The molecule has 136 valence electrons. The summed E-state index contributed by atoms with van der Waals surface area (Å²) in [5, 5.41) is 9.89. The molecule has 0 fully saturated rings. The number of hydrogen-bond donors (Lipinski definition) is 1. The molecule has 0 aliphatic rings. The standard InChI is InChI=1S/C15H11F4N5O2/c16-12-2-1-9(3-11(12)15(17,18)19)5-24-6-13(22-23-24)14(25)20-4-10-7-26-8-21-10/h1-3,6-8H,4-5H2,(H,20,25). The van der Waals surface area contributed by atoms with Crippen molar-refractivity contribution < 1.29 is 26.8 Å². The van der Waals surface area contributed by atoms with Crippen LogP contribution < -0.4 is 5.32 Å². The topological polar surface area (TPSA) is 85.8 Å². The molecule has 0 unspecified atom stereocenters. The number of nitrogens with one attached hydrogen (secondary N) is 1. The zero-order valence-corrected chi connectivity index (χ0v) is 13.0. The van der Waals surface area contributed by atoms with E-state index in [0.717, 1.165) is 6.07 Å². The number of amides is 1. The first-order valence-corrected chi connectivity index (χ1v) is 7.24. The van der Waals surface area contributed by atoms with E-state index < -0.39 is 23.5 Å². The lowest BCUT2D eigenvalue weighted by Crippen LogP contribution is -2.23. The van der Waals surface area contributed by atoms with E-state index >= 15 is 0 Å². The molecule has 26 heavy (non-hydrogen) atoms. The molecule has 3 rings (SSSR count). The minimum absolute atomic E-state index is 0.0216. The van der Waals surface area contributed by atoms with Crippen LogP contribution in [0.4, 0.5) is 17.6 Å². The summed E-state index contributed by atoms with van der Waals surface area (Å²) in [6.45, 7) is 0.0159. The van der Waals surface area contributed by atoms with E-state index in [0.29, 0.717) is 11.8 Å². The van der Waals surface area contributed by atoms with Gasteiger partial charge in [0, 0.05) is 0 Å². The van der Waals surface area contributed by atoms with E-state index in [-0.39, 0.29) is 24.3 Å². The Hall–Kier alpha value is -3.24. The highest BCUT2D eigenvalue weighted by molar-refractivity contribution is 5.91. The SMILES string of the molecule is O=C(NCc1cocn1)c1cn(Cc2ccc(F)c(C(F)(F)F)c2)nn1. The van der Waals surface area contributed by atoms with Crippen LogP contribution in [0, 0.1) is 5.82 Å². The number of benzene rings is 1. The highest BCUT2D eigenvalue weighted by atomic mass is 19.4. The molecule has 0 atom stereocenters. The van der Waals surface area contributed by atoms with Gasteiger partial charge >= 0.3 is 6.18 Å². The lowest BCUT2D eigenvalue weighted by molar-refractivity contribution is -0.140. The van der Waals surface area contributed by atoms with Gasteiger partial charge < -0.3 is 9.73 Å².